The summed E-state index contributed by atoms with van der Waals surface area (Å²) in [6.07, 6.45) is 5.16. The Hall–Kier alpha value is -1.88. The molecule has 1 atom stereocenters. The molecule has 2 aliphatic heterocycles. The van der Waals surface area contributed by atoms with E-state index in [0.717, 1.165) is 56.4 Å². The van der Waals surface area contributed by atoms with Crippen molar-refractivity contribution in [2.45, 2.75) is 44.6 Å². The molecule has 5 heteroatoms. The summed E-state index contributed by atoms with van der Waals surface area (Å²) in [5.41, 5.74) is 1.80. The minimum absolute atomic E-state index is 0.0380. The summed E-state index contributed by atoms with van der Waals surface area (Å²) in [5.74, 6) is -0.340. The summed E-state index contributed by atoms with van der Waals surface area (Å²) in [7, 11) is 0. The summed E-state index contributed by atoms with van der Waals surface area (Å²) in [4.78, 5) is 25.9. The van der Waals surface area contributed by atoms with E-state index in [4.69, 9.17) is 4.74 Å². The molecule has 24 heavy (non-hydrogen) atoms. The maximum absolute atomic E-state index is 12.6. The summed E-state index contributed by atoms with van der Waals surface area (Å²) in [6, 6.07) is 6.70. The molecule has 1 saturated heterocycles. The van der Waals surface area contributed by atoms with Gasteiger partial charge in [0.15, 0.2) is 6.04 Å². The molecule has 0 spiro atoms. The lowest BCUT2D eigenvalue weighted by Crippen LogP contribution is -2.43. The fourth-order valence-corrected chi connectivity index (χ4v) is 3.82. The standard InChI is InChI=1S/C19H25NO4/c21-17(7-3-4-14-9-12-24-13-10-14)20-11-8-15-5-1-2-6-16(15)18(20)19(22)23/h1-2,5-6,14,18H,3-4,7-13H2,(H,22,23). The fourth-order valence-electron chi connectivity index (χ4n) is 3.82. The van der Waals surface area contributed by atoms with Gasteiger partial charge in [-0.05, 0) is 49.1 Å². The molecule has 5 nitrogen and oxygen atoms in total. The van der Waals surface area contributed by atoms with Crippen molar-refractivity contribution in [1.82, 2.24) is 4.90 Å². The van der Waals surface area contributed by atoms with Crippen molar-refractivity contribution in [3.05, 3.63) is 35.4 Å². The number of amides is 1. The van der Waals surface area contributed by atoms with E-state index < -0.39 is 12.0 Å². The van der Waals surface area contributed by atoms with Gasteiger partial charge in [-0.2, -0.15) is 0 Å². The van der Waals surface area contributed by atoms with Gasteiger partial charge in [-0.25, -0.2) is 4.79 Å². The first kappa shape index (κ1) is 17.0. The maximum atomic E-state index is 12.6. The van der Waals surface area contributed by atoms with Crippen LogP contribution in [0.15, 0.2) is 24.3 Å². The van der Waals surface area contributed by atoms with E-state index in [-0.39, 0.29) is 5.91 Å². The average molecular weight is 331 g/mol. The first-order valence-electron chi connectivity index (χ1n) is 8.84. The van der Waals surface area contributed by atoms with Gasteiger partial charge in [-0.3, -0.25) is 4.79 Å². The molecule has 130 valence electrons. The quantitative estimate of drug-likeness (QED) is 0.901. The highest BCUT2D eigenvalue weighted by Gasteiger charge is 2.35. The lowest BCUT2D eigenvalue weighted by Gasteiger charge is -2.35. The van der Waals surface area contributed by atoms with Crippen LogP contribution < -0.4 is 0 Å². The van der Waals surface area contributed by atoms with Crippen LogP contribution in [0.5, 0.6) is 0 Å². The summed E-state index contributed by atoms with van der Waals surface area (Å²) < 4.78 is 5.36. The van der Waals surface area contributed by atoms with Gasteiger partial charge in [0, 0.05) is 26.2 Å². The molecule has 3 rings (SSSR count). The lowest BCUT2D eigenvalue weighted by molar-refractivity contribution is -0.151. The van der Waals surface area contributed by atoms with E-state index in [1.165, 1.54) is 0 Å². The number of rotatable bonds is 5. The highest BCUT2D eigenvalue weighted by molar-refractivity contribution is 5.85. The summed E-state index contributed by atoms with van der Waals surface area (Å²) >= 11 is 0. The van der Waals surface area contributed by atoms with Gasteiger partial charge in [0.1, 0.15) is 0 Å². The van der Waals surface area contributed by atoms with Gasteiger partial charge >= 0.3 is 5.97 Å². The Labute approximate surface area is 142 Å². The second-order valence-electron chi connectivity index (χ2n) is 6.72. The Bertz CT molecular complexity index is 595. The monoisotopic (exact) mass is 331 g/mol. The molecule has 1 unspecified atom stereocenters. The van der Waals surface area contributed by atoms with Crippen LogP contribution in [0, 0.1) is 5.92 Å². The minimum Gasteiger partial charge on any atom is -0.479 e. The second kappa shape index (κ2) is 7.79. The summed E-state index contributed by atoms with van der Waals surface area (Å²) in [5, 5.41) is 9.63. The number of carboxylic acid groups (broad SMARTS) is 1. The van der Waals surface area contributed by atoms with E-state index >= 15 is 0 Å². The van der Waals surface area contributed by atoms with Gasteiger partial charge in [-0.15, -0.1) is 0 Å². The van der Waals surface area contributed by atoms with E-state index in [1.807, 2.05) is 24.3 Å². The Morgan fingerprint density at radius 1 is 1.21 bits per heavy atom. The van der Waals surface area contributed by atoms with Crippen LogP contribution in [0.25, 0.3) is 0 Å². The third kappa shape index (κ3) is 3.78. The zero-order valence-corrected chi connectivity index (χ0v) is 13.9. The van der Waals surface area contributed by atoms with E-state index in [9.17, 15) is 14.7 Å². The predicted octanol–water partition coefficient (Wildman–Crippen LogP) is 2.79. The van der Waals surface area contributed by atoms with Crippen molar-refractivity contribution in [1.29, 1.82) is 0 Å². The molecule has 0 aliphatic carbocycles. The van der Waals surface area contributed by atoms with Crippen molar-refractivity contribution in [3.63, 3.8) is 0 Å². The zero-order valence-electron chi connectivity index (χ0n) is 13.9. The number of aliphatic carboxylic acids is 1. The van der Waals surface area contributed by atoms with Crippen molar-refractivity contribution < 1.29 is 19.4 Å². The number of carbonyl (C=O) groups is 2. The maximum Gasteiger partial charge on any atom is 0.331 e. The highest BCUT2D eigenvalue weighted by Crippen LogP contribution is 2.31. The van der Waals surface area contributed by atoms with Crippen LogP contribution in [0.3, 0.4) is 0 Å². The number of nitrogens with zero attached hydrogens (tertiary/aromatic N) is 1. The molecule has 0 radical (unpaired) electrons. The molecule has 1 N–H and O–H groups in total. The fraction of sp³-hybridized carbons (Fsp3) is 0.579. The largest absolute Gasteiger partial charge is 0.479 e. The molecule has 1 amide bonds. The van der Waals surface area contributed by atoms with Crippen LogP contribution in [0.4, 0.5) is 0 Å². The summed E-state index contributed by atoms with van der Waals surface area (Å²) in [6.45, 7) is 2.13. The number of benzene rings is 1. The Kier molecular flexibility index (Phi) is 5.51. The van der Waals surface area contributed by atoms with Crippen molar-refractivity contribution >= 4 is 11.9 Å². The van der Waals surface area contributed by atoms with Crippen LogP contribution in [0.2, 0.25) is 0 Å². The van der Waals surface area contributed by atoms with Crippen LogP contribution in [0.1, 0.15) is 49.3 Å². The normalized spacial score (nSPS) is 21.3. The van der Waals surface area contributed by atoms with Crippen LogP contribution >= 0.6 is 0 Å². The molecule has 0 bridgehead atoms. The van der Waals surface area contributed by atoms with Crippen molar-refractivity contribution in [3.8, 4) is 0 Å². The van der Waals surface area contributed by atoms with Gasteiger partial charge in [-0.1, -0.05) is 24.3 Å². The first-order chi connectivity index (χ1) is 11.7. The molecule has 1 aromatic carbocycles. The molecule has 0 saturated carbocycles. The minimum atomic E-state index is -0.945. The van der Waals surface area contributed by atoms with Gasteiger partial charge in [0.25, 0.3) is 0 Å². The number of ether oxygens (including phenoxy) is 1. The number of hydrogen-bond acceptors (Lipinski definition) is 3. The molecule has 0 aromatic heterocycles. The van der Waals surface area contributed by atoms with Gasteiger partial charge < -0.3 is 14.7 Å². The molecule has 1 aromatic rings. The molecule has 1 fully saturated rings. The van der Waals surface area contributed by atoms with Crippen LogP contribution in [-0.4, -0.2) is 41.6 Å². The van der Waals surface area contributed by atoms with E-state index in [1.54, 1.807) is 4.90 Å². The molecular formula is C19H25NO4. The predicted molar refractivity (Wildman–Crippen MR) is 89.6 cm³/mol. The Balaban J connectivity index is 1.60. The van der Waals surface area contributed by atoms with Crippen molar-refractivity contribution in [2.75, 3.05) is 19.8 Å². The second-order valence-corrected chi connectivity index (χ2v) is 6.72. The molecule has 2 aliphatic rings. The smallest absolute Gasteiger partial charge is 0.331 e. The zero-order chi connectivity index (χ0) is 16.9. The van der Waals surface area contributed by atoms with Crippen LogP contribution in [-0.2, 0) is 20.7 Å². The highest BCUT2D eigenvalue weighted by atomic mass is 16.5. The van der Waals surface area contributed by atoms with Crippen molar-refractivity contribution in [2.24, 2.45) is 5.92 Å². The number of carbonyl (C=O) groups excluding carboxylic acids is 1. The number of fused-ring (bicyclic) bond motifs is 1. The van der Waals surface area contributed by atoms with E-state index in [2.05, 4.69) is 0 Å². The third-order valence-electron chi connectivity index (χ3n) is 5.18. The van der Waals surface area contributed by atoms with Gasteiger partial charge in [0.05, 0.1) is 0 Å². The third-order valence-corrected chi connectivity index (χ3v) is 5.18. The Morgan fingerprint density at radius 2 is 1.96 bits per heavy atom. The molecular weight excluding hydrogens is 306 g/mol. The number of carboxylic acids is 1. The Morgan fingerprint density at radius 3 is 2.71 bits per heavy atom. The topological polar surface area (TPSA) is 66.8 Å². The lowest BCUT2D eigenvalue weighted by atomic mass is 9.91. The SMILES string of the molecule is O=C(O)C1c2ccccc2CCN1C(=O)CCCC1CCOCC1. The number of hydrogen-bond donors (Lipinski definition) is 1. The van der Waals surface area contributed by atoms with E-state index in [0.29, 0.717) is 18.9 Å². The first-order valence-corrected chi connectivity index (χ1v) is 8.84. The average Bonchev–Trinajstić information content (AvgIpc) is 2.61. The van der Waals surface area contributed by atoms with Gasteiger partial charge in [0.2, 0.25) is 5.91 Å². The molecule has 2 heterocycles.